The zero-order valence-electron chi connectivity index (χ0n) is 20.2. The average Bonchev–Trinajstić information content (AvgIpc) is 2.96. The molecular weight excluding hydrogens is 368 g/mol. The Morgan fingerprint density at radius 2 is 1.70 bits per heavy atom. The Morgan fingerprint density at radius 3 is 2.43 bits per heavy atom. The van der Waals surface area contributed by atoms with E-state index in [1.807, 2.05) is 0 Å². The highest BCUT2D eigenvalue weighted by Gasteiger charge is 2.59. The lowest BCUT2D eigenvalue weighted by Gasteiger charge is -2.59. The van der Waals surface area contributed by atoms with Gasteiger partial charge in [0, 0.05) is 6.54 Å². The van der Waals surface area contributed by atoms with E-state index in [1.165, 1.54) is 70.6 Å². The zero-order chi connectivity index (χ0) is 21.5. The van der Waals surface area contributed by atoms with Gasteiger partial charge in [0.15, 0.2) is 0 Å². The minimum absolute atomic E-state index is 0.377. The van der Waals surface area contributed by atoms with Crippen LogP contribution >= 0.6 is 0 Å². The van der Waals surface area contributed by atoms with Crippen LogP contribution in [0.3, 0.4) is 0 Å². The van der Waals surface area contributed by atoms with Crippen LogP contribution in [-0.2, 0) is 0 Å². The van der Waals surface area contributed by atoms with Crippen LogP contribution in [0, 0.1) is 52.3 Å². The predicted molar refractivity (Wildman–Crippen MR) is 125 cm³/mol. The molecule has 0 aromatic heterocycles. The third-order valence-electron chi connectivity index (χ3n) is 11.2. The molecule has 0 spiro atoms. The quantitative estimate of drug-likeness (QED) is 0.511. The van der Waals surface area contributed by atoms with E-state index in [4.69, 9.17) is 5.73 Å². The summed E-state index contributed by atoms with van der Waals surface area (Å²) in [5.74, 6) is 6.31. The van der Waals surface area contributed by atoms with Gasteiger partial charge in [-0.25, -0.2) is 4.79 Å². The topological polar surface area (TPSA) is 55.1 Å². The SMILES string of the molecule is CC[C@H]1C[C@@H]2[C@H](CCC[C@]3(C)[C@@H]([C@H](C)CCNC(N)=O)CC[C@@H]23)[C@@]2(C)CCCC[C@@H]12. The molecule has 3 nitrogen and oxygen atoms in total. The summed E-state index contributed by atoms with van der Waals surface area (Å²) in [6, 6.07) is -0.377. The molecule has 4 aliphatic carbocycles. The lowest BCUT2D eigenvalue weighted by molar-refractivity contribution is -0.0986. The Morgan fingerprint density at radius 1 is 1.00 bits per heavy atom. The zero-order valence-corrected chi connectivity index (χ0v) is 20.2. The summed E-state index contributed by atoms with van der Waals surface area (Å²) in [5, 5.41) is 2.83. The van der Waals surface area contributed by atoms with Crippen LogP contribution in [0.1, 0.15) is 105 Å². The first kappa shape index (κ1) is 22.5. The van der Waals surface area contributed by atoms with E-state index in [2.05, 4.69) is 33.0 Å². The van der Waals surface area contributed by atoms with Crippen molar-refractivity contribution in [3.63, 3.8) is 0 Å². The molecule has 4 rings (SSSR count). The van der Waals surface area contributed by atoms with Crippen molar-refractivity contribution in [1.82, 2.24) is 5.32 Å². The number of hydrogen-bond donors (Lipinski definition) is 2. The van der Waals surface area contributed by atoms with Gasteiger partial charge in [0.05, 0.1) is 0 Å². The van der Waals surface area contributed by atoms with Gasteiger partial charge < -0.3 is 11.1 Å². The van der Waals surface area contributed by atoms with Crippen molar-refractivity contribution < 1.29 is 4.79 Å². The Bertz CT molecular complexity index is 620. The molecule has 0 aliphatic heterocycles. The van der Waals surface area contributed by atoms with Gasteiger partial charge in [0.2, 0.25) is 0 Å². The van der Waals surface area contributed by atoms with E-state index in [-0.39, 0.29) is 6.03 Å². The Labute approximate surface area is 185 Å². The smallest absolute Gasteiger partial charge is 0.312 e. The van der Waals surface area contributed by atoms with Crippen LogP contribution in [0.15, 0.2) is 0 Å². The largest absolute Gasteiger partial charge is 0.352 e. The maximum Gasteiger partial charge on any atom is 0.312 e. The van der Waals surface area contributed by atoms with Gasteiger partial charge in [0.1, 0.15) is 0 Å². The Kier molecular flexibility index (Phi) is 6.48. The molecule has 3 heteroatoms. The first-order chi connectivity index (χ1) is 14.3. The molecule has 4 aliphatic rings. The first-order valence-corrected chi connectivity index (χ1v) is 13.3. The van der Waals surface area contributed by atoms with Crippen LogP contribution < -0.4 is 11.1 Å². The standard InChI is InChI=1S/C27H48N2O/c1-5-19-17-20-23(27(4)14-7-6-9-22(19)27)10-8-15-26(3)21(11-12-24(20)26)18(2)13-16-29-25(28)30/h18-24H,5-17H2,1-4H3,(H3,28,29,30)/t18-,19+,20-,21-,22+,23+,24+,26-,27+/m1/s1. The molecule has 0 heterocycles. The van der Waals surface area contributed by atoms with Gasteiger partial charge in [-0.15, -0.1) is 0 Å². The molecule has 0 aromatic rings. The monoisotopic (exact) mass is 416 g/mol. The highest BCUT2D eigenvalue weighted by atomic mass is 16.2. The number of nitrogens with one attached hydrogen (secondary N) is 1. The molecule has 172 valence electrons. The number of primary amides is 1. The van der Waals surface area contributed by atoms with Crippen molar-refractivity contribution in [2.75, 3.05) is 6.54 Å². The maximum atomic E-state index is 11.1. The molecule has 3 N–H and O–H groups in total. The van der Waals surface area contributed by atoms with Crippen molar-refractivity contribution in [3.05, 3.63) is 0 Å². The van der Waals surface area contributed by atoms with Gasteiger partial charge in [-0.3, -0.25) is 0 Å². The Hall–Kier alpha value is -0.730. The highest BCUT2D eigenvalue weighted by molar-refractivity contribution is 5.71. The summed E-state index contributed by atoms with van der Waals surface area (Å²) < 4.78 is 0. The third-order valence-corrected chi connectivity index (χ3v) is 11.2. The van der Waals surface area contributed by atoms with Crippen LogP contribution in [-0.4, -0.2) is 12.6 Å². The summed E-state index contributed by atoms with van der Waals surface area (Å²) in [6.07, 6.45) is 17.2. The Balaban J connectivity index is 1.56. The van der Waals surface area contributed by atoms with E-state index < -0.39 is 0 Å². The van der Waals surface area contributed by atoms with Crippen molar-refractivity contribution >= 4 is 6.03 Å². The number of nitrogens with two attached hydrogens (primary N) is 1. The highest BCUT2D eigenvalue weighted by Crippen LogP contribution is 2.68. The summed E-state index contributed by atoms with van der Waals surface area (Å²) in [7, 11) is 0. The molecule has 0 saturated heterocycles. The second-order valence-corrected chi connectivity index (χ2v) is 12.3. The fraction of sp³-hybridized carbons (Fsp3) is 0.963. The maximum absolute atomic E-state index is 11.1. The van der Waals surface area contributed by atoms with Gasteiger partial charge in [-0.1, -0.05) is 53.4 Å². The van der Waals surface area contributed by atoms with Crippen LogP contribution in [0.5, 0.6) is 0 Å². The van der Waals surface area contributed by atoms with E-state index in [1.54, 1.807) is 0 Å². The first-order valence-electron chi connectivity index (χ1n) is 13.3. The molecule has 0 radical (unpaired) electrons. The van der Waals surface area contributed by atoms with E-state index in [0.29, 0.717) is 16.7 Å². The van der Waals surface area contributed by atoms with E-state index >= 15 is 0 Å². The predicted octanol–water partition coefficient (Wildman–Crippen LogP) is 6.76. The summed E-state index contributed by atoms with van der Waals surface area (Å²) in [6.45, 7) is 11.0. The van der Waals surface area contributed by atoms with Crippen molar-refractivity contribution in [1.29, 1.82) is 0 Å². The summed E-state index contributed by atoms with van der Waals surface area (Å²) in [5.41, 5.74) is 6.42. The molecule has 4 fully saturated rings. The van der Waals surface area contributed by atoms with Crippen LogP contribution in [0.2, 0.25) is 0 Å². The van der Waals surface area contributed by atoms with Gasteiger partial charge in [-0.2, -0.15) is 0 Å². The van der Waals surface area contributed by atoms with E-state index in [0.717, 1.165) is 48.5 Å². The minimum atomic E-state index is -0.377. The summed E-state index contributed by atoms with van der Waals surface area (Å²) in [4.78, 5) is 11.1. The molecular formula is C27H48N2O. The van der Waals surface area contributed by atoms with Crippen LogP contribution in [0.25, 0.3) is 0 Å². The molecule has 9 atom stereocenters. The van der Waals surface area contributed by atoms with E-state index in [9.17, 15) is 4.79 Å². The fourth-order valence-corrected chi connectivity index (χ4v) is 9.86. The molecule has 30 heavy (non-hydrogen) atoms. The number of fused-ring (bicyclic) bond motifs is 5. The summed E-state index contributed by atoms with van der Waals surface area (Å²) >= 11 is 0. The van der Waals surface area contributed by atoms with Gasteiger partial charge >= 0.3 is 6.03 Å². The number of rotatable bonds is 5. The molecule has 2 amide bonds. The lowest BCUT2D eigenvalue weighted by Crippen LogP contribution is -2.51. The van der Waals surface area contributed by atoms with Gasteiger partial charge in [0.25, 0.3) is 0 Å². The number of carbonyl (C=O) groups is 1. The van der Waals surface area contributed by atoms with Crippen molar-refractivity contribution in [3.8, 4) is 0 Å². The normalized spacial score (nSPS) is 46.8. The molecule has 0 unspecified atom stereocenters. The molecule has 0 aromatic carbocycles. The number of amides is 2. The van der Waals surface area contributed by atoms with Crippen molar-refractivity contribution in [2.24, 2.45) is 58.0 Å². The second kappa shape index (κ2) is 8.66. The van der Waals surface area contributed by atoms with Crippen LogP contribution in [0.4, 0.5) is 4.79 Å². The average molecular weight is 417 g/mol. The molecule has 0 bridgehead atoms. The third kappa shape index (κ3) is 3.71. The number of carbonyl (C=O) groups excluding carboxylic acids is 1. The van der Waals surface area contributed by atoms with Gasteiger partial charge in [-0.05, 0) is 104 Å². The lowest BCUT2D eigenvalue weighted by atomic mass is 9.46. The van der Waals surface area contributed by atoms with Crippen molar-refractivity contribution in [2.45, 2.75) is 105 Å². The second-order valence-electron chi connectivity index (χ2n) is 12.3. The fourth-order valence-electron chi connectivity index (χ4n) is 9.86. The number of urea groups is 1. The number of hydrogen-bond acceptors (Lipinski definition) is 1. The molecule has 4 saturated carbocycles. The minimum Gasteiger partial charge on any atom is -0.352 e.